The standard InChI is InChI=1S/C13H12F3NO/c1-10(18)17-8-3-2-5-11-6-4-7-12(9-11)13(14,15)16/h4,6-7,9H,3,8H2,1H3,(H,17,18). The van der Waals surface area contributed by atoms with E-state index in [0.29, 0.717) is 18.5 Å². The average molecular weight is 255 g/mol. The number of hydrogen-bond donors (Lipinski definition) is 1. The SMILES string of the molecule is CC(=O)NCCC#Cc1cccc(C(F)(F)F)c1. The number of amides is 1. The van der Waals surface area contributed by atoms with Crippen molar-refractivity contribution in [1.29, 1.82) is 0 Å². The maximum absolute atomic E-state index is 12.4. The van der Waals surface area contributed by atoms with Crippen LogP contribution in [0.15, 0.2) is 24.3 Å². The Hall–Kier alpha value is -1.96. The second-order valence-corrected chi connectivity index (χ2v) is 3.61. The van der Waals surface area contributed by atoms with Gasteiger partial charge >= 0.3 is 6.18 Å². The van der Waals surface area contributed by atoms with Gasteiger partial charge < -0.3 is 5.32 Å². The summed E-state index contributed by atoms with van der Waals surface area (Å²) in [5.74, 6) is 5.18. The van der Waals surface area contributed by atoms with E-state index in [1.807, 2.05) is 0 Å². The van der Waals surface area contributed by atoms with Crippen LogP contribution >= 0.6 is 0 Å². The molecule has 0 bridgehead atoms. The highest BCUT2D eigenvalue weighted by Crippen LogP contribution is 2.29. The molecule has 0 aliphatic rings. The predicted octanol–water partition coefficient (Wildman–Crippen LogP) is 2.58. The fraction of sp³-hybridized carbons (Fsp3) is 0.308. The summed E-state index contributed by atoms with van der Waals surface area (Å²) >= 11 is 0. The molecule has 0 aliphatic carbocycles. The zero-order valence-electron chi connectivity index (χ0n) is 9.77. The molecular formula is C13H12F3NO. The van der Waals surface area contributed by atoms with Crippen LogP contribution in [0.2, 0.25) is 0 Å². The van der Waals surface area contributed by atoms with Crippen molar-refractivity contribution in [3.05, 3.63) is 35.4 Å². The van der Waals surface area contributed by atoms with E-state index in [9.17, 15) is 18.0 Å². The molecule has 0 spiro atoms. The molecule has 18 heavy (non-hydrogen) atoms. The highest BCUT2D eigenvalue weighted by molar-refractivity contribution is 5.72. The number of benzene rings is 1. The van der Waals surface area contributed by atoms with Crippen LogP contribution in [-0.4, -0.2) is 12.5 Å². The summed E-state index contributed by atoms with van der Waals surface area (Å²) in [6, 6.07) is 4.84. The first-order chi connectivity index (χ1) is 8.39. The number of hydrogen-bond acceptors (Lipinski definition) is 1. The zero-order chi connectivity index (χ0) is 13.6. The number of nitrogens with one attached hydrogen (secondary N) is 1. The summed E-state index contributed by atoms with van der Waals surface area (Å²) in [4.78, 5) is 10.5. The van der Waals surface area contributed by atoms with Crippen molar-refractivity contribution in [2.75, 3.05) is 6.54 Å². The Labute approximate surface area is 103 Å². The van der Waals surface area contributed by atoms with Crippen molar-refractivity contribution in [3.63, 3.8) is 0 Å². The summed E-state index contributed by atoms with van der Waals surface area (Å²) in [6.45, 7) is 1.78. The Balaban J connectivity index is 2.63. The Bertz CT molecular complexity index is 483. The predicted molar refractivity (Wildman–Crippen MR) is 61.6 cm³/mol. The summed E-state index contributed by atoms with van der Waals surface area (Å²) < 4.78 is 37.2. The molecule has 1 aromatic carbocycles. The van der Waals surface area contributed by atoms with Crippen molar-refractivity contribution < 1.29 is 18.0 Å². The van der Waals surface area contributed by atoms with Gasteiger partial charge in [-0.2, -0.15) is 13.2 Å². The maximum atomic E-state index is 12.4. The lowest BCUT2D eigenvalue weighted by Crippen LogP contribution is -2.20. The van der Waals surface area contributed by atoms with Gasteiger partial charge in [-0.15, -0.1) is 0 Å². The molecule has 96 valence electrons. The number of carbonyl (C=O) groups is 1. The maximum Gasteiger partial charge on any atom is 0.416 e. The minimum Gasteiger partial charge on any atom is -0.355 e. The molecular weight excluding hydrogens is 243 g/mol. The number of carbonyl (C=O) groups excluding carboxylic acids is 1. The van der Waals surface area contributed by atoms with Crippen molar-refractivity contribution in [1.82, 2.24) is 5.32 Å². The van der Waals surface area contributed by atoms with Crippen LogP contribution in [0, 0.1) is 11.8 Å². The number of alkyl halides is 3. The van der Waals surface area contributed by atoms with Crippen LogP contribution < -0.4 is 5.32 Å². The lowest BCUT2D eigenvalue weighted by Gasteiger charge is -2.05. The van der Waals surface area contributed by atoms with Gasteiger partial charge in [0.05, 0.1) is 5.56 Å². The minimum absolute atomic E-state index is 0.157. The molecule has 2 nitrogen and oxygen atoms in total. The molecule has 1 aromatic rings. The van der Waals surface area contributed by atoms with Gasteiger partial charge in [-0.25, -0.2) is 0 Å². The van der Waals surface area contributed by atoms with Gasteiger partial charge in [0.1, 0.15) is 0 Å². The van der Waals surface area contributed by atoms with E-state index in [1.54, 1.807) is 0 Å². The van der Waals surface area contributed by atoms with Crippen molar-refractivity contribution >= 4 is 5.91 Å². The van der Waals surface area contributed by atoms with Gasteiger partial charge in [-0.1, -0.05) is 17.9 Å². The lowest BCUT2D eigenvalue weighted by molar-refractivity contribution is -0.137. The Morgan fingerprint density at radius 1 is 1.39 bits per heavy atom. The normalized spacial score (nSPS) is 10.4. The van der Waals surface area contributed by atoms with Gasteiger partial charge in [0.25, 0.3) is 0 Å². The van der Waals surface area contributed by atoms with Crippen LogP contribution in [0.25, 0.3) is 0 Å². The van der Waals surface area contributed by atoms with E-state index < -0.39 is 11.7 Å². The average Bonchev–Trinajstić information content (AvgIpc) is 2.27. The molecule has 0 radical (unpaired) electrons. The van der Waals surface area contributed by atoms with Crippen LogP contribution in [0.4, 0.5) is 13.2 Å². The fourth-order valence-corrected chi connectivity index (χ4v) is 1.24. The third-order valence-electron chi connectivity index (χ3n) is 2.05. The van der Waals surface area contributed by atoms with E-state index in [0.717, 1.165) is 12.1 Å². The highest BCUT2D eigenvalue weighted by atomic mass is 19.4. The summed E-state index contributed by atoms with van der Waals surface area (Å²) in [5.41, 5.74) is -0.399. The molecule has 0 heterocycles. The molecule has 1 N–H and O–H groups in total. The first-order valence-corrected chi connectivity index (χ1v) is 5.30. The minimum atomic E-state index is -4.35. The van der Waals surface area contributed by atoms with Crippen LogP contribution in [0.3, 0.4) is 0 Å². The topological polar surface area (TPSA) is 29.1 Å². The second-order valence-electron chi connectivity index (χ2n) is 3.61. The molecule has 0 saturated carbocycles. The van der Waals surface area contributed by atoms with E-state index >= 15 is 0 Å². The van der Waals surface area contributed by atoms with E-state index in [1.165, 1.54) is 19.1 Å². The number of rotatable bonds is 2. The molecule has 1 amide bonds. The highest BCUT2D eigenvalue weighted by Gasteiger charge is 2.30. The Kier molecular flexibility index (Phi) is 4.78. The number of halogens is 3. The van der Waals surface area contributed by atoms with Crippen molar-refractivity contribution in [2.45, 2.75) is 19.5 Å². The molecule has 1 rings (SSSR count). The van der Waals surface area contributed by atoms with E-state index in [-0.39, 0.29) is 5.91 Å². The second kappa shape index (κ2) is 6.10. The van der Waals surface area contributed by atoms with Gasteiger partial charge in [0.2, 0.25) is 5.91 Å². The Morgan fingerprint density at radius 3 is 2.72 bits per heavy atom. The first kappa shape index (κ1) is 14.1. The third kappa shape index (κ3) is 4.91. The summed E-state index contributed by atoms with van der Waals surface area (Å²) in [6.07, 6.45) is -3.95. The monoisotopic (exact) mass is 255 g/mol. The van der Waals surface area contributed by atoms with Gasteiger partial charge in [-0.3, -0.25) is 4.79 Å². The van der Waals surface area contributed by atoms with Crippen LogP contribution in [0.1, 0.15) is 24.5 Å². The van der Waals surface area contributed by atoms with Crippen molar-refractivity contribution in [2.24, 2.45) is 0 Å². The quantitative estimate of drug-likeness (QED) is 0.638. The van der Waals surface area contributed by atoms with Crippen LogP contribution in [-0.2, 0) is 11.0 Å². The van der Waals surface area contributed by atoms with Crippen molar-refractivity contribution in [3.8, 4) is 11.8 Å². The smallest absolute Gasteiger partial charge is 0.355 e. The first-order valence-electron chi connectivity index (χ1n) is 5.30. The largest absolute Gasteiger partial charge is 0.416 e. The molecule has 0 aromatic heterocycles. The molecule has 0 aliphatic heterocycles. The molecule has 0 atom stereocenters. The zero-order valence-corrected chi connectivity index (χ0v) is 9.77. The molecule has 0 unspecified atom stereocenters. The molecule has 5 heteroatoms. The van der Waals surface area contributed by atoms with Gasteiger partial charge in [-0.05, 0) is 18.2 Å². The van der Waals surface area contributed by atoms with E-state index in [4.69, 9.17) is 0 Å². The third-order valence-corrected chi connectivity index (χ3v) is 2.05. The summed E-state index contributed by atoms with van der Waals surface area (Å²) in [7, 11) is 0. The molecule has 0 fully saturated rings. The van der Waals surface area contributed by atoms with Gasteiger partial charge in [0.15, 0.2) is 0 Å². The van der Waals surface area contributed by atoms with Gasteiger partial charge in [0, 0.05) is 25.5 Å². The van der Waals surface area contributed by atoms with E-state index in [2.05, 4.69) is 17.2 Å². The van der Waals surface area contributed by atoms with Crippen LogP contribution in [0.5, 0.6) is 0 Å². The summed E-state index contributed by atoms with van der Waals surface area (Å²) in [5, 5.41) is 2.55. The molecule has 0 saturated heterocycles. The lowest BCUT2D eigenvalue weighted by atomic mass is 10.1. The fourth-order valence-electron chi connectivity index (χ4n) is 1.24. The Morgan fingerprint density at radius 2 is 2.11 bits per heavy atom.